The fourth-order valence-corrected chi connectivity index (χ4v) is 6.66. The molecule has 3 N–H and O–H groups in total. The Morgan fingerprint density at radius 1 is 1.29 bits per heavy atom. The lowest BCUT2D eigenvalue weighted by molar-refractivity contribution is -0.175. The van der Waals surface area contributed by atoms with Gasteiger partial charge in [-0.15, -0.1) is 0 Å². The van der Waals surface area contributed by atoms with Crippen molar-refractivity contribution in [1.82, 2.24) is 24.9 Å². The maximum Gasteiger partial charge on any atom is 0.471 e. The number of H-pyrrole nitrogens is 1. The van der Waals surface area contributed by atoms with Gasteiger partial charge in [0.1, 0.15) is 30.0 Å². The number of nitrogens with zero attached hydrogens (tertiary/aromatic N) is 3. The summed E-state index contributed by atoms with van der Waals surface area (Å²) in [6.45, 7) is 16.2. The Morgan fingerprint density at radius 3 is 2.58 bits per heavy atom. The van der Waals surface area contributed by atoms with Crippen LogP contribution in [-0.4, -0.2) is 95.0 Å². The number of rotatable bonds is 13. The number of halogens is 3. The van der Waals surface area contributed by atoms with Gasteiger partial charge >= 0.3 is 17.8 Å². The summed E-state index contributed by atoms with van der Waals surface area (Å²) in [5.41, 5.74) is -2.69. The molecular weight excluding hydrogens is 624 g/mol. The van der Waals surface area contributed by atoms with E-state index in [9.17, 15) is 32.3 Å². The molecule has 2 saturated heterocycles. The Balaban J connectivity index is 1.80. The van der Waals surface area contributed by atoms with E-state index in [-0.39, 0.29) is 44.0 Å². The Labute approximate surface area is 258 Å². The van der Waals surface area contributed by atoms with Crippen molar-refractivity contribution in [1.29, 1.82) is 0 Å². The second kappa shape index (κ2) is 15.3. The molecule has 5 atom stereocenters. The van der Waals surface area contributed by atoms with Crippen LogP contribution in [0.3, 0.4) is 0 Å². The molecule has 2 bridgehead atoms. The first-order valence-corrected chi connectivity index (χ1v) is 15.2. The predicted molar refractivity (Wildman–Crippen MR) is 154 cm³/mol. The molecule has 2 fully saturated rings. The van der Waals surface area contributed by atoms with Gasteiger partial charge in [-0.3, -0.25) is 23.9 Å². The number of fused-ring (bicyclic) bond motifs is 2. The lowest BCUT2D eigenvalue weighted by atomic mass is 9.96. The molecule has 0 aliphatic carbocycles. The van der Waals surface area contributed by atoms with E-state index in [2.05, 4.69) is 31.7 Å². The minimum absolute atomic E-state index is 0.0460. The van der Waals surface area contributed by atoms with Crippen LogP contribution in [0.25, 0.3) is 4.85 Å². The maximum absolute atomic E-state index is 12.9. The zero-order valence-corrected chi connectivity index (χ0v) is 26.3. The lowest BCUT2D eigenvalue weighted by Gasteiger charge is -2.38. The number of ether oxygens (including phenoxy) is 2. The van der Waals surface area contributed by atoms with E-state index in [1.165, 1.54) is 11.5 Å². The number of amides is 2. The van der Waals surface area contributed by atoms with E-state index in [1.54, 1.807) is 0 Å². The highest BCUT2D eigenvalue weighted by molar-refractivity contribution is 7.44. The van der Waals surface area contributed by atoms with Gasteiger partial charge in [0.15, 0.2) is 6.23 Å². The second-order valence-corrected chi connectivity index (χ2v) is 12.1. The third-order valence-corrected chi connectivity index (χ3v) is 9.04. The van der Waals surface area contributed by atoms with Gasteiger partial charge in [-0.2, -0.15) is 13.2 Å². The minimum Gasteiger partial charge on any atom is -0.368 e. The monoisotopic (exact) mass is 660 g/mol. The molecule has 0 aromatic carbocycles. The predicted octanol–water partition coefficient (Wildman–Crippen LogP) is 1.43. The molecule has 0 spiro atoms. The van der Waals surface area contributed by atoms with Crippen LogP contribution in [0.2, 0.25) is 0 Å². The number of carbonyl (C=O) groups excluding carboxylic acids is 2. The molecule has 14 nitrogen and oxygen atoms in total. The summed E-state index contributed by atoms with van der Waals surface area (Å²) >= 11 is 0. The van der Waals surface area contributed by atoms with Crippen LogP contribution < -0.4 is 21.9 Å². The minimum atomic E-state index is -5.13. The quantitative estimate of drug-likeness (QED) is 0.123. The number of alkyl halides is 3. The molecule has 18 heteroatoms. The molecule has 45 heavy (non-hydrogen) atoms. The number of carbonyl (C=O) groups is 2. The SMILES string of the molecule is [C-]#[N+]CCOP(OC1[C@@H]2OC[C@]1(CC)O[C@H]2n1cc(C#CCNC(=O)CNC(=O)C(F)(F)F)c(=O)[nH]c1=O)N(C(C)C)C(C)C. The molecule has 0 saturated carbocycles. The summed E-state index contributed by atoms with van der Waals surface area (Å²) in [6, 6.07) is 0.0920. The summed E-state index contributed by atoms with van der Waals surface area (Å²) in [6.07, 6.45) is -5.90. The highest BCUT2D eigenvalue weighted by Crippen LogP contribution is 2.55. The van der Waals surface area contributed by atoms with E-state index < -0.39 is 68.3 Å². The van der Waals surface area contributed by atoms with Crippen LogP contribution in [0.5, 0.6) is 0 Å². The zero-order chi connectivity index (χ0) is 33.5. The summed E-state index contributed by atoms with van der Waals surface area (Å²) in [4.78, 5) is 53.5. The first-order chi connectivity index (χ1) is 21.1. The molecule has 1 aromatic heterocycles. The topological polar surface area (TPSA) is 158 Å². The van der Waals surface area contributed by atoms with E-state index in [0.29, 0.717) is 6.42 Å². The van der Waals surface area contributed by atoms with Crippen LogP contribution in [0.4, 0.5) is 13.2 Å². The maximum atomic E-state index is 12.9. The van der Waals surface area contributed by atoms with Gasteiger partial charge in [0.25, 0.3) is 14.1 Å². The summed E-state index contributed by atoms with van der Waals surface area (Å²) in [5.74, 6) is 1.81. The van der Waals surface area contributed by atoms with Gasteiger partial charge in [0.2, 0.25) is 12.5 Å². The van der Waals surface area contributed by atoms with Crippen LogP contribution in [0.15, 0.2) is 15.8 Å². The van der Waals surface area contributed by atoms with Gasteiger partial charge in [0.05, 0.1) is 19.7 Å². The fraction of sp³-hybridized carbons (Fsp3) is 0.667. The van der Waals surface area contributed by atoms with E-state index >= 15 is 0 Å². The van der Waals surface area contributed by atoms with Gasteiger partial charge in [-0.1, -0.05) is 18.8 Å². The van der Waals surface area contributed by atoms with Gasteiger partial charge in [-0.25, -0.2) is 16.0 Å². The summed E-state index contributed by atoms with van der Waals surface area (Å²) in [7, 11) is -1.66. The Hall–Kier alpha value is -3.31. The Kier molecular flexibility index (Phi) is 12.3. The number of nitrogens with one attached hydrogen (secondary N) is 3. The first kappa shape index (κ1) is 36.2. The van der Waals surface area contributed by atoms with Crippen molar-refractivity contribution in [3.63, 3.8) is 0 Å². The van der Waals surface area contributed by atoms with E-state index in [0.717, 1.165) is 4.57 Å². The first-order valence-electron chi connectivity index (χ1n) is 14.1. The normalized spacial score (nSPS) is 23.1. The van der Waals surface area contributed by atoms with Crippen molar-refractivity contribution in [3.8, 4) is 11.8 Å². The molecule has 2 aliphatic rings. The second-order valence-electron chi connectivity index (χ2n) is 10.7. The van der Waals surface area contributed by atoms with Crippen LogP contribution in [0.1, 0.15) is 52.8 Å². The number of aromatic nitrogens is 2. The lowest BCUT2D eigenvalue weighted by Crippen LogP contribution is -2.43. The van der Waals surface area contributed by atoms with E-state index in [1.807, 2.05) is 34.6 Å². The average molecular weight is 661 g/mol. The van der Waals surface area contributed by atoms with E-state index in [4.69, 9.17) is 25.1 Å². The van der Waals surface area contributed by atoms with Gasteiger partial charge in [-0.05, 0) is 34.1 Å². The number of hydrogen-bond donors (Lipinski definition) is 3. The van der Waals surface area contributed by atoms with Crippen molar-refractivity contribution < 1.29 is 41.3 Å². The Morgan fingerprint density at radius 2 is 1.98 bits per heavy atom. The zero-order valence-electron chi connectivity index (χ0n) is 25.4. The van der Waals surface area contributed by atoms with Gasteiger partial charge in [0, 0.05) is 18.3 Å². The molecule has 3 heterocycles. The number of aromatic amines is 1. The summed E-state index contributed by atoms with van der Waals surface area (Å²) in [5, 5.41) is 3.62. The molecule has 2 unspecified atom stereocenters. The highest BCUT2D eigenvalue weighted by Gasteiger charge is 2.63. The van der Waals surface area contributed by atoms with Crippen molar-refractivity contribution in [2.24, 2.45) is 0 Å². The number of hydrogen-bond acceptors (Lipinski definition) is 9. The van der Waals surface area contributed by atoms with Crippen LogP contribution >= 0.6 is 8.53 Å². The van der Waals surface area contributed by atoms with Crippen molar-refractivity contribution in [2.75, 3.05) is 32.8 Å². The molecular formula is C27H36F3N6O8P. The highest BCUT2D eigenvalue weighted by atomic mass is 31.2. The average Bonchev–Trinajstić information content (AvgIpc) is 3.46. The molecule has 0 radical (unpaired) electrons. The van der Waals surface area contributed by atoms with Crippen molar-refractivity contribution in [2.45, 2.75) is 83.3 Å². The van der Waals surface area contributed by atoms with Gasteiger partial charge < -0.3 is 34.0 Å². The molecule has 3 rings (SSSR count). The van der Waals surface area contributed by atoms with Crippen molar-refractivity contribution >= 4 is 20.3 Å². The Bertz CT molecular complexity index is 1440. The third kappa shape index (κ3) is 8.70. The fourth-order valence-electron chi connectivity index (χ4n) is 4.86. The van der Waals surface area contributed by atoms with Crippen molar-refractivity contribution in [3.05, 3.63) is 44.0 Å². The smallest absolute Gasteiger partial charge is 0.368 e. The van der Waals surface area contributed by atoms with Crippen LogP contribution in [-0.2, 0) is 28.1 Å². The summed E-state index contributed by atoms with van der Waals surface area (Å²) < 4.78 is 65.1. The molecule has 2 aliphatic heterocycles. The molecule has 1 aromatic rings. The largest absolute Gasteiger partial charge is 0.471 e. The third-order valence-electron chi connectivity index (χ3n) is 6.93. The standard InChI is InChI=1S/C27H36F3N6O8P/c1-7-26-15-41-20(21(26)44-45(42-12-11-31-6)36(16(2)3)17(4)5)23(43-26)35-14-18(22(38)34-25(35)40)9-8-10-32-19(37)13-33-24(39)27(28,29)30/h14,16-17,20-21,23H,7,10-13,15H2,1-5H3,(H,32,37)(H,33,39)(H,34,38,40)/t20-,21?,23+,26-,45?/m0/s1. The molecule has 2 amide bonds. The van der Waals surface area contributed by atoms with Crippen LogP contribution in [0, 0.1) is 18.4 Å². The molecule has 248 valence electrons.